The van der Waals surface area contributed by atoms with Crippen molar-refractivity contribution in [2.75, 3.05) is 6.26 Å². The number of thioether (sulfide) groups is 1. The number of hydrogen-bond acceptors (Lipinski definition) is 4. The maximum Gasteiger partial charge on any atom is 0.265 e. The van der Waals surface area contributed by atoms with Crippen molar-refractivity contribution in [1.82, 2.24) is 4.72 Å². The predicted molar refractivity (Wildman–Crippen MR) is 108 cm³/mol. The minimum atomic E-state index is -3.94. The quantitative estimate of drug-likeness (QED) is 0.440. The predicted octanol–water partition coefficient (Wildman–Crippen LogP) is 4.18. The molecule has 0 aliphatic rings. The highest BCUT2D eigenvalue weighted by molar-refractivity contribution is 7.98. The maximum atomic E-state index is 12.7. The Labute approximate surface area is 159 Å². The zero-order valence-electron chi connectivity index (χ0n) is 14.7. The summed E-state index contributed by atoms with van der Waals surface area (Å²) >= 11 is 1.59. The van der Waals surface area contributed by atoms with E-state index in [2.05, 4.69) is 11.3 Å². The molecule has 0 atom stereocenters. The molecule has 2 aromatic carbocycles. The molecule has 136 valence electrons. The van der Waals surface area contributed by atoms with Gasteiger partial charge in [0.05, 0.1) is 4.90 Å². The van der Waals surface area contributed by atoms with E-state index >= 15 is 0 Å². The molecule has 6 heteroatoms. The molecule has 0 heterocycles. The second kappa shape index (κ2) is 8.87. The van der Waals surface area contributed by atoms with E-state index in [0.29, 0.717) is 17.6 Å². The van der Waals surface area contributed by atoms with Gasteiger partial charge in [-0.3, -0.25) is 4.79 Å². The van der Waals surface area contributed by atoms with Gasteiger partial charge in [0.1, 0.15) is 0 Å². The molecule has 26 heavy (non-hydrogen) atoms. The lowest BCUT2D eigenvalue weighted by molar-refractivity contribution is -0.114. The van der Waals surface area contributed by atoms with Crippen molar-refractivity contribution in [3.8, 4) is 0 Å². The van der Waals surface area contributed by atoms with E-state index in [1.165, 1.54) is 12.1 Å². The Kier molecular flexibility index (Phi) is 6.83. The number of benzene rings is 2. The fourth-order valence-corrected chi connectivity index (χ4v) is 3.64. The van der Waals surface area contributed by atoms with Gasteiger partial charge in [0, 0.05) is 10.5 Å². The molecule has 0 saturated heterocycles. The third kappa shape index (κ3) is 5.09. The molecule has 2 rings (SSSR count). The van der Waals surface area contributed by atoms with Gasteiger partial charge in [0.2, 0.25) is 0 Å². The minimum Gasteiger partial charge on any atom is -0.268 e. The highest BCUT2D eigenvalue weighted by Gasteiger charge is 2.21. The number of carbonyl (C=O) groups is 1. The van der Waals surface area contributed by atoms with Crippen molar-refractivity contribution in [1.29, 1.82) is 0 Å². The molecule has 1 N–H and O–H groups in total. The fourth-order valence-electron chi connectivity index (χ4n) is 2.27. The number of allylic oxidation sites excluding steroid dienone is 2. The third-order valence-electron chi connectivity index (χ3n) is 3.69. The monoisotopic (exact) mass is 387 g/mol. The van der Waals surface area contributed by atoms with Crippen LogP contribution in [0.25, 0.3) is 5.57 Å². The molecule has 2 aromatic rings. The zero-order valence-corrected chi connectivity index (χ0v) is 16.4. The highest BCUT2D eigenvalue weighted by Crippen LogP contribution is 2.21. The number of rotatable bonds is 7. The van der Waals surface area contributed by atoms with Crippen LogP contribution < -0.4 is 4.72 Å². The zero-order chi connectivity index (χ0) is 19.2. The third-order valence-corrected chi connectivity index (χ3v) is 5.78. The topological polar surface area (TPSA) is 63.2 Å². The summed E-state index contributed by atoms with van der Waals surface area (Å²) < 4.78 is 27.1. The molecule has 0 radical (unpaired) electrons. The minimum absolute atomic E-state index is 0.0530. The molecule has 0 fully saturated rings. The molecule has 1 amide bonds. The van der Waals surface area contributed by atoms with Crippen molar-refractivity contribution in [2.45, 2.75) is 23.1 Å². The molecule has 0 spiro atoms. The Bertz CT molecular complexity index is 913. The van der Waals surface area contributed by atoms with E-state index in [4.69, 9.17) is 0 Å². The molecule has 0 bridgehead atoms. The lowest BCUT2D eigenvalue weighted by Crippen LogP contribution is -2.31. The summed E-state index contributed by atoms with van der Waals surface area (Å²) in [4.78, 5) is 13.8. The van der Waals surface area contributed by atoms with Crippen LogP contribution in [0.1, 0.15) is 17.5 Å². The van der Waals surface area contributed by atoms with Crippen molar-refractivity contribution < 1.29 is 13.2 Å². The molecule has 0 saturated carbocycles. The van der Waals surface area contributed by atoms with Gasteiger partial charge in [-0.05, 0) is 49.4 Å². The first-order chi connectivity index (χ1) is 12.4. The normalized spacial score (nSPS) is 11.8. The Balaban J connectivity index is 2.31. The SMILES string of the molecule is C=CC/C=C(\C(=O)NS(=O)(=O)c1ccc(C)cc1)c1ccc(SC)cc1. The second-order valence-corrected chi connectivity index (χ2v) is 8.18. The summed E-state index contributed by atoms with van der Waals surface area (Å²) in [6, 6.07) is 13.7. The summed E-state index contributed by atoms with van der Waals surface area (Å²) in [6.45, 7) is 5.51. The van der Waals surface area contributed by atoms with Crippen LogP contribution in [-0.4, -0.2) is 20.6 Å². The average molecular weight is 388 g/mol. The van der Waals surface area contributed by atoms with Gasteiger partial charge in [-0.15, -0.1) is 18.3 Å². The van der Waals surface area contributed by atoms with Gasteiger partial charge < -0.3 is 0 Å². The number of nitrogens with one attached hydrogen (secondary N) is 1. The molecular weight excluding hydrogens is 366 g/mol. The van der Waals surface area contributed by atoms with Crippen molar-refractivity contribution in [2.24, 2.45) is 0 Å². The van der Waals surface area contributed by atoms with Gasteiger partial charge >= 0.3 is 0 Å². The molecule has 0 aromatic heterocycles. The Hall–Kier alpha value is -2.31. The van der Waals surface area contributed by atoms with E-state index in [-0.39, 0.29) is 4.90 Å². The molecule has 0 unspecified atom stereocenters. The summed E-state index contributed by atoms with van der Waals surface area (Å²) in [6.07, 6.45) is 5.74. The molecule has 0 aliphatic carbocycles. The summed E-state index contributed by atoms with van der Waals surface area (Å²) in [5.41, 5.74) is 1.89. The van der Waals surface area contributed by atoms with E-state index in [1.54, 1.807) is 48.2 Å². The highest BCUT2D eigenvalue weighted by atomic mass is 32.2. The number of carbonyl (C=O) groups excluding carboxylic acids is 1. The van der Waals surface area contributed by atoms with Crippen LogP contribution in [0.15, 0.2) is 77.1 Å². The molecule has 4 nitrogen and oxygen atoms in total. The van der Waals surface area contributed by atoms with Crippen molar-refractivity contribution >= 4 is 33.3 Å². The summed E-state index contributed by atoms with van der Waals surface area (Å²) in [5.74, 6) is -0.663. The van der Waals surface area contributed by atoms with Crippen LogP contribution in [0, 0.1) is 6.92 Å². The van der Waals surface area contributed by atoms with E-state index in [1.807, 2.05) is 25.3 Å². The smallest absolute Gasteiger partial charge is 0.265 e. The first-order valence-corrected chi connectivity index (χ1v) is 10.7. The number of amides is 1. The van der Waals surface area contributed by atoms with Gasteiger partial charge in [-0.25, -0.2) is 13.1 Å². The molecule has 0 aliphatic heterocycles. The van der Waals surface area contributed by atoms with E-state index < -0.39 is 15.9 Å². The van der Waals surface area contributed by atoms with Gasteiger partial charge in [-0.2, -0.15) is 0 Å². The fraction of sp³-hybridized carbons (Fsp3) is 0.150. The number of hydrogen-bond donors (Lipinski definition) is 1. The largest absolute Gasteiger partial charge is 0.268 e. The Morgan fingerprint density at radius 1 is 1.12 bits per heavy atom. The van der Waals surface area contributed by atoms with E-state index in [0.717, 1.165) is 10.5 Å². The van der Waals surface area contributed by atoms with Crippen LogP contribution in [0.3, 0.4) is 0 Å². The maximum absolute atomic E-state index is 12.7. The standard InChI is InChI=1S/C20H21NO3S2/c1-4-5-6-19(16-9-11-17(25-3)12-10-16)20(22)21-26(23,24)18-13-7-15(2)8-14-18/h4,6-14H,1,5H2,2-3H3,(H,21,22)/b19-6-. The van der Waals surface area contributed by atoms with Gasteiger partial charge in [0.25, 0.3) is 15.9 Å². The van der Waals surface area contributed by atoms with Gasteiger partial charge in [0.15, 0.2) is 0 Å². The van der Waals surface area contributed by atoms with Crippen LogP contribution in [-0.2, 0) is 14.8 Å². The Morgan fingerprint density at radius 3 is 2.27 bits per heavy atom. The lowest BCUT2D eigenvalue weighted by Gasteiger charge is -2.11. The summed E-state index contributed by atoms with van der Waals surface area (Å²) in [7, 11) is -3.94. The second-order valence-electron chi connectivity index (χ2n) is 5.62. The average Bonchev–Trinajstić information content (AvgIpc) is 2.62. The van der Waals surface area contributed by atoms with Crippen LogP contribution in [0.5, 0.6) is 0 Å². The van der Waals surface area contributed by atoms with Gasteiger partial charge in [-0.1, -0.05) is 42.0 Å². The van der Waals surface area contributed by atoms with Crippen molar-refractivity contribution in [3.63, 3.8) is 0 Å². The van der Waals surface area contributed by atoms with Crippen molar-refractivity contribution in [3.05, 3.63) is 78.4 Å². The first kappa shape index (κ1) is 20.0. The number of aryl methyl sites for hydroxylation is 1. The lowest BCUT2D eigenvalue weighted by atomic mass is 10.0. The first-order valence-electron chi connectivity index (χ1n) is 7.96. The summed E-state index contributed by atoms with van der Waals surface area (Å²) in [5, 5.41) is 0. The van der Waals surface area contributed by atoms with E-state index in [9.17, 15) is 13.2 Å². The Morgan fingerprint density at radius 2 is 1.73 bits per heavy atom. The van der Waals surface area contributed by atoms with Crippen LogP contribution in [0.4, 0.5) is 0 Å². The number of sulfonamides is 1. The van der Waals surface area contributed by atoms with Crippen LogP contribution in [0.2, 0.25) is 0 Å². The molecular formula is C20H21NO3S2. The van der Waals surface area contributed by atoms with Crippen LogP contribution >= 0.6 is 11.8 Å².